The second kappa shape index (κ2) is 14.1. The summed E-state index contributed by atoms with van der Waals surface area (Å²) in [6, 6.07) is 18.5. The molecule has 0 aromatic heterocycles. The van der Waals surface area contributed by atoms with Gasteiger partial charge in [-0.05, 0) is 104 Å². The molecular weight excluding hydrogens is 507 g/mol. The molecule has 0 amide bonds. The van der Waals surface area contributed by atoms with E-state index in [-0.39, 0.29) is 5.97 Å². The second-order valence-corrected chi connectivity index (χ2v) is 12.1. The third-order valence-corrected chi connectivity index (χ3v) is 8.20. The molecule has 210 valence electrons. The minimum atomic E-state index is -0.751. The summed E-state index contributed by atoms with van der Waals surface area (Å²) in [5.41, 5.74) is 7.71. The first-order valence-electron chi connectivity index (χ1n) is 13.4. The average Bonchev–Trinajstić information content (AvgIpc) is 2.92. The maximum atomic E-state index is 12.7. The lowest BCUT2D eigenvalue weighted by molar-refractivity contribution is -0.164. The molecule has 1 heterocycles. The fraction of sp³-hybridized carbons (Fsp3) is 0.424. The van der Waals surface area contributed by atoms with Crippen molar-refractivity contribution in [1.82, 2.24) is 0 Å². The Morgan fingerprint density at radius 3 is 2.28 bits per heavy atom. The van der Waals surface area contributed by atoms with E-state index in [2.05, 4.69) is 31.2 Å². The van der Waals surface area contributed by atoms with Gasteiger partial charge < -0.3 is 18.9 Å². The highest BCUT2D eigenvalue weighted by Gasteiger charge is 2.32. The van der Waals surface area contributed by atoms with Crippen molar-refractivity contribution in [2.24, 2.45) is 0 Å². The van der Waals surface area contributed by atoms with Crippen molar-refractivity contribution in [3.63, 3.8) is 0 Å². The van der Waals surface area contributed by atoms with Gasteiger partial charge in [0.25, 0.3) is 0 Å². The summed E-state index contributed by atoms with van der Waals surface area (Å²) in [6.07, 6.45) is 2.94. The second-order valence-electron chi connectivity index (χ2n) is 10.7. The van der Waals surface area contributed by atoms with Gasteiger partial charge in [0.1, 0.15) is 5.75 Å². The number of fused-ring (bicyclic) bond motifs is 1. The third kappa shape index (κ3) is 8.14. The number of ether oxygens (including phenoxy) is 4. The Balaban J connectivity index is 0.000000320. The zero-order valence-corrected chi connectivity index (χ0v) is 25.6. The first kappa shape index (κ1) is 30.8. The van der Waals surface area contributed by atoms with Gasteiger partial charge in [0, 0.05) is 12.7 Å². The monoisotopic (exact) mass is 550 g/mol. The lowest BCUT2D eigenvalue weighted by Gasteiger charge is -2.29. The number of carbonyl (C=O) groups excluding carboxylic acids is 1. The van der Waals surface area contributed by atoms with Crippen LogP contribution in [0.1, 0.15) is 61.1 Å². The number of carbonyl (C=O) groups is 1. The predicted octanol–water partition coefficient (Wildman–Crippen LogP) is 7.09. The van der Waals surface area contributed by atoms with Crippen LogP contribution in [0.5, 0.6) is 5.75 Å². The Morgan fingerprint density at radius 1 is 0.949 bits per heavy atom. The van der Waals surface area contributed by atoms with Crippen molar-refractivity contribution < 1.29 is 23.7 Å². The molecule has 0 saturated carbocycles. The smallest absolute Gasteiger partial charge is 0.339 e. The molecule has 2 unspecified atom stereocenters. The van der Waals surface area contributed by atoms with Gasteiger partial charge in [-0.25, -0.2) is 4.79 Å². The van der Waals surface area contributed by atoms with E-state index in [1.54, 1.807) is 14.2 Å². The fourth-order valence-electron chi connectivity index (χ4n) is 4.86. The molecule has 0 saturated heterocycles. The van der Waals surface area contributed by atoms with E-state index in [1.807, 2.05) is 58.0 Å². The maximum Gasteiger partial charge on any atom is 0.339 e. The summed E-state index contributed by atoms with van der Waals surface area (Å²) in [6.45, 7) is 10.8. The van der Waals surface area contributed by atoms with Crippen LogP contribution < -0.4 is 10.0 Å². The van der Waals surface area contributed by atoms with Crippen molar-refractivity contribution in [3.05, 3.63) is 82.4 Å². The highest BCUT2D eigenvalue weighted by atomic mass is 31.1. The van der Waals surface area contributed by atoms with Crippen LogP contribution in [0.2, 0.25) is 0 Å². The van der Waals surface area contributed by atoms with E-state index >= 15 is 0 Å². The summed E-state index contributed by atoms with van der Waals surface area (Å²) in [7, 11) is 5.67. The van der Waals surface area contributed by atoms with Crippen LogP contribution in [0.25, 0.3) is 11.1 Å². The van der Waals surface area contributed by atoms with E-state index in [0.717, 1.165) is 43.0 Å². The summed E-state index contributed by atoms with van der Waals surface area (Å²) < 4.78 is 21.3. The Hall–Kier alpha value is -2.72. The molecule has 39 heavy (non-hydrogen) atoms. The third-order valence-electron chi connectivity index (χ3n) is 6.75. The maximum absolute atomic E-state index is 12.7. The van der Waals surface area contributed by atoms with Crippen LogP contribution in [0, 0.1) is 13.8 Å². The van der Waals surface area contributed by atoms with Crippen LogP contribution in [0.3, 0.4) is 0 Å². The SMILES string of the molecule is COC(=O)C(OC(C)(C)C)c1c(C)cccc1-c1ccc2c(c1C)CCCP2.COCc1ccc(OC)cc1. The molecule has 5 nitrogen and oxygen atoms in total. The van der Waals surface area contributed by atoms with Crippen LogP contribution in [0.4, 0.5) is 0 Å². The van der Waals surface area contributed by atoms with Crippen LogP contribution >= 0.6 is 8.58 Å². The van der Waals surface area contributed by atoms with Crippen LogP contribution in [-0.4, -0.2) is 39.1 Å². The van der Waals surface area contributed by atoms with Crippen molar-refractivity contribution >= 4 is 19.9 Å². The molecule has 0 bridgehead atoms. The summed E-state index contributed by atoms with van der Waals surface area (Å²) in [5, 5.41) is 1.50. The quantitative estimate of drug-likeness (QED) is 0.232. The number of hydrogen-bond acceptors (Lipinski definition) is 5. The molecule has 3 aromatic rings. The highest BCUT2D eigenvalue weighted by molar-refractivity contribution is 7.47. The largest absolute Gasteiger partial charge is 0.497 e. The first-order chi connectivity index (χ1) is 18.6. The predicted molar refractivity (Wildman–Crippen MR) is 162 cm³/mol. The highest BCUT2D eigenvalue weighted by Crippen LogP contribution is 2.39. The van der Waals surface area contributed by atoms with E-state index in [4.69, 9.17) is 18.9 Å². The van der Waals surface area contributed by atoms with E-state index in [0.29, 0.717) is 6.61 Å². The van der Waals surface area contributed by atoms with Gasteiger partial charge in [-0.1, -0.05) is 51.0 Å². The van der Waals surface area contributed by atoms with Crippen molar-refractivity contribution in [2.75, 3.05) is 27.5 Å². The van der Waals surface area contributed by atoms with Gasteiger partial charge in [0.05, 0.1) is 26.4 Å². The van der Waals surface area contributed by atoms with E-state index in [9.17, 15) is 4.79 Å². The molecule has 3 aromatic carbocycles. The fourth-order valence-corrected chi connectivity index (χ4v) is 6.21. The molecule has 4 rings (SSSR count). The lowest BCUT2D eigenvalue weighted by Crippen LogP contribution is -2.29. The molecule has 0 N–H and O–H groups in total. The molecule has 1 aliphatic heterocycles. The summed E-state index contributed by atoms with van der Waals surface area (Å²) in [4.78, 5) is 12.7. The summed E-state index contributed by atoms with van der Waals surface area (Å²) in [5.74, 6) is 0.521. The van der Waals surface area contributed by atoms with Crippen LogP contribution in [-0.2, 0) is 32.0 Å². The number of benzene rings is 3. The average molecular weight is 551 g/mol. The summed E-state index contributed by atoms with van der Waals surface area (Å²) >= 11 is 0. The number of hydrogen-bond donors (Lipinski definition) is 0. The Labute approximate surface area is 236 Å². The zero-order chi connectivity index (χ0) is 28.6. The van der Waals surface area contributed by atoms with Gasteiger partial charge >= 0.3 is 5.97 Å². The minimum Gasteiger partial charge on any atom is -0.497 e. The minimum absolute atomic E-state index is 0.359. The topological polar surface area (TPSA) is 54.0 Å². The standard InChI is InChI=1S/C24H31O3P.C9H12O2/c1-15-9-7-10-19(21(15)22(23(25)26-6)27-24(3,4)5)17-12-13-20-18(16(17)2)11-8-14-28-20;1-10-7-8-3-5-9(11-2)6-4-8/h7,9-10,12-13,22,28H,8,11,14H2,1-6H3;3-6H,7H2,1-2H3. The number of aryl methyl sites for hydroxylation is 1. The van der Waals surface area contributed by atoms with Crippen molar-refractivity contribution in [2.45, 2.75) is 65.8 Å². The van der Waals surface area contributed by atoms with Crippen LogP contribution in [0.15, 0.2) is 54.6 Å². The molecule has 0 radical (unpaired) electrons. The first-order valence-corrected chi connectivity index (χ1v) is 14.6. The van der Waals surface area contributed by atoms with Gasteiger partial charge in [0.2, 0.25) is 0 Å². The molecular formula is C33H43O5P. The molecule has 2 atom stereocenters. The Morgan fingerprint density at radius 2 is 1.67 bits per heavy atom. The van der Waals surface area contributed by atoms with Crippen molar-refractivity contribution in [1.29, 1.82) is 0 Å². The van der Waals surface area contributed by atoms with E-state index < -0.39 is 11.7 Å². The van der Waals surface area contributed by atoms with E-state index in [1.165, 1.54) is 41.7 Å². The number of esters is 1. The van der Waals surface area contributed by atoms with Gasteiger partial charge in [0.15, 0.2) is 6.10 Å². The normalized spacial score (nSPS) is 14.2. The van der Waals surface area contributed by atoms with Crippen molar-refractivity contribution in [3.8, 4) is 16.9 Å². The molecule has 1 aliphatic rings. The number of rotatable bonds is 7. The zero-order valence-electron chi connectivity index (χ0n) is 24.6. The molecule has 0 spiro atoms. The Kier molecular flexibility index (Phi) is 11.1. The Bertz CT molecular complexity index is 1240. The molecule has 0 aliphatic carbocycles. The molecule has 0 fully saturated rings. The van der Waals surface area contributed by atoms with Gasteiger partial charge in [-0.2, -0.15) is 0 Å². The lowest BCUT2D eigenvalue weighted by atomic mass is 9.87. The van der Waals surface area contributed by atoms with Gasteiger partial charge in [-0.3, -0.25) is 0 Å². The molecule has 6 heteroatoms. The number of methoxy groups -OCH3 is 3. The van der Waals surface area contributed by atoms with Gasteiger partial charge in [-0.15, -0.1) is 0 Å².